The number of carbonyl (C=O) groups excluding carboxylic acids is 1. The van der Waals surface area contributed by atoms with Gasteiger partial charge in [-0.3, -0.25) is 4.79 Å². The molecule has 0 bridgehead atoms. The fourth-order valence-corrected chi connectivity index (χ4v) is 2.45. The smallest absolute Gasteiger partial charge is 0.226 e. The van der Waals surface area contributed by atoms with Crippen molar-refractivity contribution in [1.29, 1.82) is 0 Å². The molecule has 0 aliphatic rings. The molecule has 0 atom stereocenters. The number of hydrogen-bond donors (Lipinski definition) is 1. The van der Waals surface area contributed by atoms with Crippen molar-refractivity contribution >= 4 is 17.2 Å². The molecule has 0 fully saturated rings. The van der Waals surface area contributed by atoms with Crippen LogP contribution in [0, 0.1) is 0 Å². The van der Waals surface area contributed by atoms with Gasteiger partial charge in [-0.15, -0.1) is 11.3 Å². The van der Waals surface area contributed by atoms with Gasteiger partial charge in [0.1, 0.15) is 5.01 Å². The first-order valence-corrected chi connectivity index (χ1v) is 6.93. The molecule has 1 amide bonds. The summed E-state index contributed by atoms with van der Waals surface area (Å²) >= 11 is 1.56. The molecule has 1 N–H and O–H groups in total. The third-order valence-electron chi connectivity index (χ3n) is 2.54. The maximum Gasteiger partial charge on any atom is 0.226 e. The summed E-state index contributed by atoms with van der Waals surface area (Å²) in [6.07, 6.45) is 0.313. The molecule has 5 heteroatoms. The SMILES string of the molecule is COCCNC(=O)Cc1csc(-c2ccccc2)n1. The Bertz CT molecular complexity index is 525. The van der Waals surface area contributed by atoms with Crippen molar-refractivity contribution in [2.45, 2.75) is 6.42 Å². The fourth-order valence-electron chi connectivity index (χ4n) is 1.62. The number of amides is 1. The van der Waals surface area contributed by atoms with E-state index in [9.17, 15) is 4.79 Å². The highest BCUT2D eigenvalue weighted by Gasteiger charge is 2.08. The Labute approximate surface area is 116 Å². The van der Waals surface area contributed by atoms with E-state index in [-0.39, 0.29) is 5.91 Å². The monoisotopic (exact) mass is 276 g/mol. The normalized spacial score (nSPS) is 10.4. The lowest BCUT2D eigenvalue weighted by Crippen LogP contribution is -2.28. The molecule has 0 saturated carbocycles. The number of nitrogens with one attached hydrogen (secondary N) is 1. The van der Waals surface area contributed by atoms with E-state index < -0.39 is 0 Å². The van der Waals surface area contributed by atoms with E-state index in [1.54, 1.807) is 18.4 Å². The number of nitrogens with zero attached hydrogens (tertiary/aromatic N) is 1. The van der Waals surface area contributed by atoms with Crippen LogP contribution in [0.5, 0.6) is 0 Å². The highest BCUT2D eigenvalue weighted by molar-refractivity contribution is 7.13. The average molecular weight is 276 g/mol. The van der Waals surface area contributed by atoms with Crippen molar-refractivity contribution in [2.75, 3.05) is 20.3 Å². The van der Waals surface area contributed by atoms with Crippen LogP contribution in [-0.4, -0.2) is 31.2 Å². The number of thiazole rings is 1. The summed E-state index contributed by atoms with van der Waals surface area (Å²) in [4.78, 5) is 16.1. The van der Waals surface area contributed by atoms with Crippen LogP contribution in [-0.2, 0) is 16.0 Å². The van der Waals surface area contributed by atoms with Crippen molar-refractivity contribution in [1.82, 2.24) is 10.3 Å². The van der Waals surface area contributed by atoms with Gasteiger partial charge in [-0.2, -0.15) is 0 Å². The molecule has 4 nitrogen and oxygen atoms in total. The lowest BCUT2D eigenvalue weighted by molar-refractivity contribution is -0.120. The van der Waals surface area contributed by atoms with Crippen LogP contribution in [0.25, 0.3) is 10.6 Å². The van der Waals surface area contributed by atoms with Gasteiger partial charge in [-0.05, 0) is 0 Å². The molecule has 0 saturated heterocycles. The minimum Gasteiger partial charge on any atom is -0.383 e. The standard InChI is InChI=1S/C14H16N2O2S/c1-18-8-7-15-13(17)9-12-10-19-14(16-12)11-5-3-2-4-6-11/h2-6,10H,7-9H2,1H3,(H,15,17). The first kappa shape index (κ1) is 13.7. The van der Waals surface area contributed by atoms with Crippen LogP contribution in [0.2, 0.25) is 0 Å². The topological polar surface area (TPSA) is 51.2 Å². The summed E-state index contributed by atoms with van der Waals surface area (Å²) in [6.45, 7) is 1.06. The molecule has 1 aromatic heterocycles. The highest BCUT2D eigenvalue weighted by Crippen LogP contribution is 2.23. The van der Waals surface area contributed by atoms with Crippen LogP contribution in [0.1, 0.15) is 5.69 Å². The van der Waals surface area contributed by atoms with Gasteiger partial charge in [0.15, 0.2) is 0 Å². The van der Waals surface area contributed by atoms with E-state index in [1.807, 2.05) is 35.7 Å². The van der Waals surface area contributed by atoms with Gasteiger partial charge in [0, 0.05) is 24.6 Å². The zero-order valence-electron chi connectivity index (χ0n) is 10.8. The molecule has 19 heavy (non-hydrogen) atoms. The Kier molecular flexibility index (Phi) is 5.06. The van der Waals surface area contributed by atoms with Crippen LogP contribution in [0.4, 0.5) is 0 Å². The van der Waals surface area contributed by atoms with E-state index in [1.165, 1.54) is 0 Å². The van der Waals surface area contributed by atoms with Crippen LogP contribution >= 0.6 is 11.3 Å². The zero-order valence-corrected chi connectivity index (χ0v) is 11.6. The Hall–Kier alpha value is -1.72. The lowest BCUT2D eigenvalue weighted by Gasteiger charge is -2.02. The molecule has 2 rings (SSSR count). The zero-order chi connectivity index (χ0) is 13.5. The number of hydrogen-bond acceptors (Lipinski definition) is 4. The maximum absolute atomic E-state index is 11.6. The second-order valence-corrected chi connectivity index (χ2v) is 4.89. The second kappa shape index (κ2) is 7.01. The van der Waals surface area contributed by atoms with E-state index in [0.29, 0.717) is 19.6 Å². The van der Waals surface area contributed by atoms with E-state index in [0.717, 1.165) is 16.3 Å². The highest BCUT2D eigenvalue weighted by atomic mass is 32.1. The molecule has 0 aliphatic heterocycles. The number of carbonyl (C=O) groups is 1. The average Bonchev–Trinajstić information content (AvgIpc) is 2.88. The van der Waals surface area contributed by atoms with Crippen molar-refractivity contribution < 1.29 is 9.53 Å². The summed E-state index contributed by atoms with van der Waals surface area (Å²) in [6, 6.07) is 9.96. The van der Waals surface area contributed by atoms with Crippen LogP contribution in [0.3, 0.4) is 0 Å². The van der Waals surface area contributed by atoms with Crippen molar-refractivity contribution in [3.63, 3.8) is 0 Å². The van der Waals surface area contributed by atoms with Crippen molar-refractivity contribution in [3.05, 3.63) is 41.4 Å². The van der Waals surface area contributed by atoms with Crippen LogP contribution in [0.15, 0.2) is 35.7 Å². The predicted molar refractivity (Wildman–Crippen MR) is 76.1 cm³/mol. The molecule has 0 unspecified atom stereocenters. The summed E-state index contributed by atoms with van der Waals surface area (Å²) in [5, 5.41) is 5.66. The minimum atomic E-state index is -0.0260. The molecular formula is C14H16N2O2S. The van der Waals surface area contributed by atoms with Crippen LogP contribution < -0.4 is 5.32 Å². The fraction of sp³-hybridized carbons (Fsp3) is 0.286. The Morgan fingerprint density at radius 3 is 2.89 bits per heavy atom. The minimum absolute atomic E-state index is 0.0260. The summed E-state index contributed by atoms with van der Waals surface area (Å²) in [5.74, 6) is -0.0260. The second-order valence-electron chi connectivity index (χ2n) is 4.03. The number of methoxy groups -OCH3 is 1. The third kappa shape index (κ3) is 4.15. The predicted octanol–water partition coefficient (Wildman–Crippen LogP) is 2.12. The van der Waals surface area contributed by atoms with E-state index >= 15 is 0 Å². The Morgan fingerprint density at radius 1 is 1.37 bits per heavy atom. The first-order chi connectivity index (χ1) is 9.29. The molecule has 2 aromatic rings. The summed E-state index contributed by atoms with van der Waals surface area (Å²) in [5.41, 5.74) is 1.89. The number of rotatable bonds is 6. The van der Waals surface area contributed by atoms with Gasteiger partial charge in [-0.25, -0.2) is 4.98 Å². The van der Waals surface area contributed by atoms with Crippen molar-refractivity contribution in [2.24, 2.45) is 0 Å². The number of ether oxygens (including phenoxy) is 1. The summed E-state index contributed by atoms with van der Waals surface area (Å²) in [7, 11) is 1.61. The van der Waals surface area contributed by atoms with Gasteiger partial charge in [0.25, 0.3) is 0 Å². The quantitative estimate of drug-likeness (QED) is 0.822. The summed E-state index contributed by atoms with van der Waals surface area (Å²) < 4.78 is 4.88. The molecule has 1 heterocycles. The van der Waals surface area contributed by atoms with Gasteiger partial charge >= 0.3 is 0 Å². The molecule has 0 radical (unpaired) electrons. The number of aromatic nitrogens is 1. The lowest BCUT2D eigenvalue weighted by atomic mass is 10.2. The molecule has 100 valence electrons. The van der Waals surface area contributed by atoms with Crippen molar-refractivity contribution in [3.8, 4) is 10.6 Å². The molecule has 1 aromatic carbocycles. The molecule has 0 aliphatic carbocycles. The van der Waals surface area contributed by atoms with E-state index in [2.05, 4.69) is 10.3 Å². The third-order valence-corrected chi connectivity index (χ3v) is 3.48. The molecule has 0 spiro atoms. The van der Waals surface area contributed by atoms with Gasteiger partial charge in [0.05, 0.1) is 18.7 Å². The Balaban J connectivity index is 1.93. The number of benzene rings is 1. The van der Waals surface area contributed by atoms with Gasteiger partial charge < -0.3 is 10.1 Å². The molecular weight excluding hydrogens is 260 g/mol. The van der Waals surface area contributed by atoms with Gasteiger partial charge in [0.2, 0.25) is 5.91 Å². The largest absolute Gasteiger partial charge is 0.383 e. The van der Waals surface area contributed by atoms with E-state index in [4.69, 9.17) is 4.74 Å². The maximum atomic E-state index is 11.6. The Morgan fingerprint density at radius 2 is 2.16 bits per heavy atom. The first-order valence-electron chi connectivity index (χ1n) is 6.05. The van der Waals surface area contributed by atoms with Gasteiger partial charge in [-0.1, -0.05) is 30.3 Å².